The Balaban J connectivity index is 2.03. The molecule has 1 heterocycles. The quantitative estimate of drug-likeness (QED) is 0.655. The average Bonchev–Trinajstić information content (AvgIpc) is 2.75. The van der Waals surface area contributed by atoms with Crippen LogP contribution in [0.5, 0.6) is 0 Å². The first kappa shape index (κ1) is 13.2. The molecule has 0 aliphatic rings. The van der Waals surface area contributed by atoms with E-state index in [4.69, 9.17) is 0 Å². The van der Waals surface area contributed by atoms with Crippen molar-refractivity contribution in [1.29, 1.82) is 0 Å². The maximum absolute atomic E-state index is 4.08. The Labute approximate surface area is 98.5 Å². The van der Waals surface area contributed by atoms with Crippen molar-refractivity contribution in [3.8, 4) is 0 Å². The number of rotatable bonds is 9. The molecule has 0 atom stereocenters. The summed E-state index contributed by atoms with van der Waals surface area (Å²) in [6.45, 7) is 7.22. The molecule has 4 nitrogen and oxygen atoms in total. The smallest absolute Gasteiger partial charge is 0.146 e. The first-order valence-corrected chi connectivity index (χ1v) is 6.45. The molecule has 0 saturated heterocycles. The van der Waals surface area contributed by atoms with Gasteiger partial charge in [0.05, 0.1) is 6.54 Å². The minimum Gasteiger partial charge on any atom is -0.317 e. The van der Waals surface area contributed by atoms with E-state index in [1.165, 1.54) is 32.1 Å². The molecule has 0 aliphatic carbocycles. The number of aromatic nitrogens is 3. The van der Waals surface area contributed by atoms with Crippen molar-refractivity contribution in [2.24, 2.45) is 0 Å². The summed E-state index contributed by atoms with van der Waals surface area (Å²) in [6.07, 6.45) is 8.43. The first-order valence-electron chi connectivity index (χ1n) is 6.45. The van der Waals surface area contributed by atoms with E-state index in [0.29, 0.717) is 0 Å². The van der Waals surface area contributed by atoms with Crippen molar-refractivity contribution in [3.63, 3.8) is 0 Å². The molecule has 0 aliphatic heterocycles. The molecule has 0 saturated carbocycles. The van der Waals surface area contributed by atoms with Crippen LogP contribution in [0.25, 0.3) is 0 Å². The number of nitrogens with one attached hydrogen (secondary N) is 1. The fourth-order valence-corrected chi connectivity index (χ4v) is 1.73. The maximum Gasteiger partial charge on any atom is 0.146 e. The molecule has 0 aromatic carbocycles. The normalized spacial score (nSPS) is 10.9. The molecule has 92 valence electrons. The number of hydrogen-bond donors (Lipinski definition) is 1. The van der Waals surface area contributed by atoms with Crippen molar-refractivity contribution < 1.29 is 0 Å². The van der Waals surface area contributed by atoms with Gasteiger partial charge in [0.2, 0.25) is 0 Å². The predicted octanol–water partition coefficient (Wildman–Crippen LogP) is 2.36. The lowest BCUT2D eigenvalue weighted by atomic mass is 10.1. The highest BCUT2D eigenvalue weighted by atomic mass is 15.3. The first-order chi connectivity index (χ1) is 7.88. The van der Waals surface area contributed by atoms with Crippen LogP contribution >= 0.6 is 0 Å². The Morgan fingerprint density at radius 1 is 1.19 bits per heavy atom. The predicted molar refractivity (Wildman–Crippen MR) is 66.2 cm³/mol. The summed E-state index contributed by atoms with van der Waals surface area (Å²) in [6, 6.07) is 0. The van der Waals surface area contributed by atoms with Crippen LogP contribution in [-0.4, -0.2) is 21.3 Å². The Morgan fingerprint density at radius 3 is 2.75 bits per heavy atom. The molecule has 1 aromatic heterocycles. The van der Waals surface area contributed by atoms with Crippen molar-refractivity contribution in [2.45, 2.75) is 59.0 Å². The van der Waals surface area contributed by atoms with E-state index < -0.39 is 0 Å². The van der Waals surface area contributed by atoms with E-state index in [-0.39, 0.29) is 0 Å². The summed E-state index contributed by atoms with van der Waals surface area (Å²) in [5, 5.41) is 11.4. The van der Waals surface area contributed by atoms with Crippen LogP contribution in [0.4, 0.5) is 0 Å². The SMILES string of the molecule is CCCCCCCNCc1nncn1CC. The lowest BCUT2D eigenvalue weighted by Gasteiger charge is -2.05. The maximum atomic E-state index is 4.08. The molecule has 0 bridgehead atoms. The molecule has 0 unspecified atom stereocenters. The molecular weight excluding hydrogens is 200 g/mol. The highest BCUT2D eigenvalue weighted by Gasteiger charge is 2.00. The van der Waals surface area contributed by atoms with Crippen LogP contribution in [0, 0.1) is 0 Å². The third-order valence-corrected chi connectivity index (χ3v) is 2.78. The van der Waals surface area contributed by atoms with E-state index in [9.17, 15) is 0 Å². The third-order valence-electron chi connectivity index (χ3n) is 2.78. The van der Waals surface area contributed by atoms with Crippen LogP contribution in [0.3, 0.4) is 0 Å². The van der Waals surface area contributed by atoms with Crippen LogP contribution < -0.4 is 5.32 Å². The standard InChI is InChI=1S/C12H24N4/c1-3-5-6-7-8-9-13-10-12-15-14-11-16(12)4-2/h11,13H,3-10H2,1-2H3. The Morgan fingerprint density at radius 2 is 2.00 bits per heavy atom. The fourth-order valence-electron chi connectivity index (χ4n) is 1.73. The van der Waals surface area contributed by atoms with Crippen molar-refractivity contribution in [2.75, 3.05) is 6.54 Å². The molecule has 0 amide bonds. The summed E-state index contributed by atoms with van der Waals surface area (Å²) in [5.41, 5.74) is 0. The van der Waals surface area contributed by atoms with E-state index in [1.54, 1.807) is 6.33 Å². The summed E-state index contributed by atoms with van der Waals surface area (Å²) in [5.74, 6) is 1.04. The lowest BCUT2D eigenvalue weighted by Crippen LogP contribution is -2.18. The summed E-state index contributed by atoms with van der Waals surface area (Å²) >= 11 is 0. The molecular formula is C12H24N4. The fraction of sp³-hybridized carbons (Fsp3) is 0.833. The van der Waals surface area contributed by atoms with E-state index >= 15 is 0 Å². The van der Waals surface area contributed by atoms with Crippen molar-refractivity contribution in [3.05, 3.63) is 12.2 Å². The molecule has 1 aromatic rings. The highest BCUT2D eigenvalue weighted by Crippen LogP contribution is 2.01. The van der Waals surface area contributed by atoms with Gasteiger partial charge in [-0.1, -0.05) is 32.6 Å². The van der Waals surface area contributed by atoms with Gasteiger partial charge in [0.1, 0.15) is 12.2 Å². The molecule has 1 rings (SSSR count). The largest absolute Gasteiger partial charge is 0.317 e. The minimum absolute atomic E-state index is 0.835. The van der Waals surface area contributed by atoms with Crippen LogP contribution in [0.15, 0.2) is 6.33 Å². The molecule has 16 heavy (non-hydrogen) atoms. The average molecular weight is 224 g/mol. The minimum atomic E-state index is 0.835. The van der Waals surface area contributed by atoms with Gasteiger partial charge >= 0.3 is 0 Å². The van der Waals surface area contributed by atoms with Gasteiger partial charge in [0.25, 0.3) is 0 Å². The zero-order valence-electron chi connectivity index (χ0n) is 10.6. The van der Waals surface area contributed by atoms with Gasteiger partial charge < -0.3 is 9.88 Å². The Hall–Kier alpha value is -0.900. The second kappa shape index (κ2) is 8.28. The topological polar surface area (TPSA) is 42.7 Å². The molecule has 0 radical (unpaired) electrons. The number of hydrogen-bond acceptors (Lipinski definition) is 3. The van der Waals surface area contributed by atoms with Gasteiger partial charge in [-0.2, -0.15) is 0 Å². The van der Waals surface area contributed by atoms with Crippen LogP contribution in [0.1, 0.15) is 51.8 Å². The molecule has 0 spiro atoms. The van der Waals surface area contributed by atoms with Crippen molar-refractivity contribution >= 4 is 0 Å². The second-order valence-electron chi connectivity index (χ2n) is 4.12. The van der Waals surface area contributed by atoms with E-state index in [0.717, 1.165) is 25.5 Å². The van der Waals surface area contributed by atoms with Gasteiger partial charge in [-0.05, 0) is 19.9 Å². The van der Waals surface area contributed by atoms with Gasteiger partial charge in [0.15, 0.2) is 0 Å². The number of unbranched alkanes of at least 4 members (excludes halogenated alkanes) is 4. The second-order valence-corrected chi connectivity index (χ2v) is 4.12. The Bertz CT molecular complexity index is 270. The molecule has 0 fully saturated rings. The van der Waals surface area contributed by atoms with Crippen LogP contribution in [-0.2, 0) is 13.1 Å². The van der Waals surface area contributed by atoms with Gasteiger partial charge in [-0.15, -0.1) is 10.2 Å². The summed E-state index contributed by atoms with van der Waals surface area (Å²) in [7, 11) is 0. The monoisotopic (exact) mass is 224 g/mol. The van der Waals surface area contributed by atoms with E-state index in [1.807, 2.05) is 0 Å². The van der Waals surface area contributed by atoms with E-state index in [2.05, 4.69) is 33.9 Å². The summed E-state index contributed by atoms with van der Waals surface area (Å²) in [4.78, 5) is 0. The number of aryl methyl sites for hydroxylation is 1. The van der Waals surface area contributed by atoms with Gasteiger partial charge in [-0.25, -0.2) is 0 Å². The Kier molecular flexibility index (Phi) is 6.81. The van der Waals surface area contributed by atoms with Gasteiger partial charge in [0, 0.05) is 6.54 Å². The summed E-state index contributed by atoms with van der Waals surface area (Å²) < 4.78 is 2.07. The molecule has 4 heteroatoms. The lowest BCUT2D eigenvalue weighted by molar-refractivity contribution is 0.561. The number of nitrogens with zero attached hydrogens (tertiary/aromatic N) is 3. The molecule has 1 N–H and O–H groups in total. The highest BCUT2D eigenvalue weighted by molar-refractivity contribution is 4.84. The van der Waals surface area contributed by atoms with Crippen molar-refractivity contribution in [1.82, 2.24) is 20.1 Å². The zero-order chi connectivity index (χ0) is 11.6. The van der Waals surface area contributed by atoms with Gasteiger partial charge in [-0.3, -0.25) is 0 Å². The van der Waals surface area contributed by atoms with Crippen LogP contribution in [0.2, 0.25) is 0 Å². The zero-order valence-corrected chi connectivity index (χ0v) is 10.6. The third kappa shape index (κ3) is 4.75.